The summed E-state index contributed by atoms with van der Waals surface area (Å²) in [5, 5.41) is 15.8. The predicted octanol–water partition coefficient (Wildman–Crippen LogP) is 1.33. The fraction of sp³-hybridized carbons (Fsp3) is 0.500. The predicted molar refractivity (Wildman–Crippen MR) is 74.8 cm³/mol. The minimum Gasteiger partial charge on any atom is -0.481 e. The van der Waals surface area contributed by atoms with E-state index in [1.165, 1.54) is 18.3 Å². The number of carbonyl (C=O) groups is 3. The van der Waals surface area contributed by atoms with Gasteiger partial charge in [-0.1, -0.05) is 6.92 Å². The van der Waals surface area contributed by atoms with E-state index in [0.717, 1.165) is 0 Å². The number of anilines is 1. The van der Waals surface area contributed by atoms with Crippen molar-refractivity contribution in [2.75, 3.05) is 11.9 Å². The van der Waals surface area contributed by atoms with Gasteiger partial charge >= 0.3 is 5.97 Å². The first-order chi connectivity index (χ1) is 9.40. The Hall–Kier alpha value is -1.96. The first-order valence-electron chi connectivity index (χ1n) is 6.14. The van der Waals surface area contributed by atoms with Crippen molar-refractivity contribution in [3.05, 3.63) is 11.1 Å². The molecule has 0 aliphatic heterocycles. The second-order valence-corrected chi connectivity index (χ2v) is 5.21. The molecule has 0 fully saturated rings. The standard InChI is InChI=1S/C12H17N3O4S/c1-7(11(18)19)4-3-5-13-10(17)9-6-20-12(15-9)14-8(2)16/h6-7H,3-5H2,1-2H3,(H,13,17)(H,18,19)(H,14,15,16). The fourth-order valence-corrected chi connectivity index (χ4v) is 2.15. The van der Waals surface area contributed by atoms with Gasteiger partial charge in [0.25, 0.3) is 5.91 Å². The number of thiazole rings is 1. The number of aliphatic carboxylic acids is 1. The first-order valence-corrected chi connectivity index (χ1v) is 7.02. The van der Waals surface area contributed by atoms with E-state index in [-0.39, 0.29) is 17.5 Å². The number of aromatic nitrogens is 1. The highest BCUT2D eigenvalue weighted by molar-refractivity contribution is 7.14. The van der Waals surface area contributed by atoms with Crippen LogP contribution in [-0.4, -0.2) is 34.4 Å². The number of carboxylic acids is 1. The molecule has 8 heteroatoms. The van der Waals surface area contributed by atoms with E-state index in [2.05, 4.69) is 15.6 Å². The molecule has 0 bridgehead atoms. The molecule has 1 unspecified atom stereocenters. The third kappa shape index (κ3) is 5.35. The van der Waals surface area contributed by atoms with Gasteiger partial charge in [0.2, 0.25) is 5.91 Å². The molecule has 1 rings (SSSR count). The molecule has 0 radical (unpaired) electrons. The maximum atomic E-state index is 11.7. The van der Waals surface area contributed by atoms with Crippen LogP contribution in [0.1, 0.15) is 37.2 Å². The van der Waals surface area contributed by atoms with Gasteiger partial charge in [0.15, 0.2) is 5.13 Å². The number of carboxylic acid groups (broad SMARTS) is 1. The van der Waals surface area contributed by atoms with Crippen molar-refractivity contribution in [3.8, 4) is 0 Å². The van der Waals surface area contributed by atoms with Crippen molar-refractivity contribution >= 4 is 34.3 Å². The van der Waals surface area contributed by atoms with Gasteiger partial charge in [-0.2, -0.15) is 0 Å². The molecule has 1 atom stereocenters. The van der Waals surface area contributed by atoms with Crippen LogP contribution in [-0.2, 0) is 9.59 Å². The lowest BCUT2D eigenvalue weighted by Gasteiger charge is -2.06. The normalized spacial score (nSPS) is 11.7. The molecule has 0 aliphatic carbocycles. The van der Waals surface area contributed by atoms with Crippen LogP contribution < -0.4 is 10.6 Å². The van der Waals surface area contributed by atoms with Crippen LogP contribution in [0.4, 0.5) is 5.13 Å². The number of rotatable bonds is 7. The van der Waals surface area contributed by atoms with Crippen LogP contribution in [0.2, 0.25) is 0 Å². The zero-order valence-corrected chi connectivity index (χ0v) is 12.1. The largest absolute Gasteiger partial charge is 0.481 e. The fourth-order valence-electron chi connectivity index (χ4n) is 1.41. The molecule has 110 valence electrons. The second kappa shape index (κ2) is 7.59. The van der Waals surface area contributed by atoms with Crippen molar-refractivity contribution in [2.45, 2.75) is 26.7 Å². The lowest BCUT2D eigenvalue weighted by atomic mass is 10.1. The van der Waals surface area contributed by atoms with Gasteiger partial charge < -0.3 is 15.7 Å². The highest BCUT2D eigenvalue weighted by Crippen LogP contribution is 2.15. The summed E-state index contributed by atoms with van der Waals surface area (Å²) < 4.78 is 0. The van der Waals surface area contributed by atoms with Gasteiger partial charge in [0.1, 0.15) is 5.69 Å². The van der Waals surface area contributed by atoms with Crippen molar-refractivity contribution < 1.29 is 19.5 Å². The van der Waals surface area contributed by atoms with Gasteiger partial charge in [0, 0.05) is 18.8 Å². The van der Waals surface area contributed by atoms with Crippen LogP contribution in [0.3, 0.4) is 0 Å². The molecule has 0 aliphatic rings. The molecule has 0 spiro atoms. The maximum absolute atomic E-state index is 11.7. The van der Waals surface area contributed by atoms with E-state index in [1.54, 1.807) is 12.3 Å². The van der Waals surface area contributed by atoms with Gasteiger partial charge in [-0.15, -0.1) is 11.3 Å². The summed E-state index contributed by atoms with van der Waals surface area (Å²) in [5.41, 5.74) is 0.241. The number of nitrogens with zero attached hydrogens (tertiary/aromatic N) is 1. The average Bonchev–Trinajstić information content (AvgIpc) is 2.81. The third-order valence-electron chi connectivity index (χ3n) is 2.54. The molecule has 2 amide bonds. The Morgan fingerprint density at radius 2 is 2.15 bits per heavy atom. The van der Waals surface area contributed by atoms with E-state index in [0.29, 0.717) is 24.5 Å². The molecule has 0 aromatic carbocycles. The van der Waals surface area contributed by atoms with E-state index in [1.807, 2.05) is 0 Å². The molecule has 1 aromatic heterocycles. The van der Waals surface area contributed by atoms with Crippen molar-refractivity contribution in [1.29, 1.82) is 0 Å². The van der Waals surface area contributed by atoms with Crippen LogP contribution in [0, 0.1) is 5.92 Å². The topological polar surface area (TPSA) is 108 Å². The lowest BCUT2D eigenvalue weighted by molar-refractivity contribution is -0.141. The summed E-state index contributed by atoms with van der Waals surface area (Å²) >= 11 is 1.17. The molecule has 7 nitrogen and oxygen atoms in total. The first kappa shape index (κ1) is 16.1. The van der Waals surface area contributed by atoms with E-state index < -0.39 is 11.9 Å². The highest BCUT2D eigenvalue weighted by atomic mass is 32.1. The molecule has 1 heterocycles. The highest BCUT2D eigenvalue weighted by Gasteiger charge is 2.12. The Labute approximate surface area is 120 Å². The van der Waals surface area contributed by atoms with Gasteiger partial charge in [-0.3, -0.25) is 14.4 Å². The number of nitrogens with one attached hydrogen (secondary N) is 2. The van der Waals surface area contributed by atoms with Crippen LogP contribution in [0.5, 0.6) is 0 Å². The smallest absolute Gasteiger partial charge is 0.306 e. The molecule has 0 saturated heterocycles. The Morgan fingerprint density at radius 3 is 2.75 bits per heavy atom. The van der Waals surface area contributed by atoms with Crippen LogP contribution in [0.15, 0.2) is 5.38 Å². The molecular weight excluding hydrogens is 282 g/mol. The SMILES string of the molecule is CC(=O)Nc1nc(C(=O)NCCCC(C)C(=O)O)cs1. The van der Waals surface area contributed by atoms with Crippen LogP contribution >= 0.6 is 11.3 Å². The summed E-state index contributed by atoms with van der Waals surface area (Å²) in [6, 6.07) is 0. The average molecular weight is 299 g/mol. The summed E-state index contributed by atoms with van der Waals surface area (Å²) in [7, 11) is 0. The molecule has 20 heavy (non-hydrogen) atoms. The Morgan fingerprint density at radius 1 is 1.45 bits per heavy atom. The summed E-state index contributed by atoms with van der Waals surface area (Å²) in [4.78, 5) is 37.1. The second-order valence-electron chi connectivity index (χ2n) is 4.36. The van der Waals surface area contributed by atoms with Gasteiger partial charge in [-0.05, 0) is 12.8 Å². The summed E-state index contributed by atoms with van der Waals surface area (Å²) in [6.07, 6.45) is 1.09. The number of hydrogen-bond donors (Lipinski definition) is 3. The zero-order valence-electron chi connectivity index (χ0n) is 11.3. The number of carbonyl (C=O) groups excluding carboxylic acids is 2. The molecule has 0 saturated carbocycles. The molecule has 3 N–H and O–H groups in total. The van der Waals surface area contributed by atoms with E-state index >= 15 is 0 Å². The van der Waals surface area contributed by atoms with Crippen LogP contribution in [0.25, 0.3) is 0 Å². The van der Waals surface area contributed by atoms with Crippen molar-refractivity contribution in [2.24, 2.45) is 5.92 Å². The monoisotopic (exact) mass is 299 g/mol. The maximum Gasteiger partial charge on any atom is 0.306 e. The van der Waals surface area contributed by atoms with E-state index in [4.69, 9.17) is 5.11 Å². The van der Waals surface area contributed by atoms with Gasteiger partial charge in [-0.25, -0.2) is 4.98 Å². The minimum absolute atomic E-state index is 0.241. The van der Waals surface area contributed by atoms with Crippen molar-refractivity contribution in [3.63, 3.8) is 0 Å². The van der Waals surface area contributed by atoms with Gasteiger partial charge in [0.05, 0.1) is 5.92 Å². The lowest BCUT2D eigenvalue weighted by Crippen LogP contribution is -2.25. The summed E-state index contributed by atoms with van der Waals surface area (Å²) in [5.74, 6) is -1.83. The summed E-state index contributed by atoms with van der Waals surface area (Å²) in [6.45, 7) is 3.39. The zero-order chi connectivity index (χ0) is 15.1. The number of hydrogen-bond acceptors (Lipinski definition) is 5. The Kier molecular flexibility index (Phi) is 6.10. The molecular formula is C12H17N3O4S. The quantitative estimate of drug-likeness (QED) is 0.658. The minimum atomic E-state index is -0.837. The van der Waals surface area contributed by atoms with E-state index in [9.17, 15) is 14.4 Å². The Balaban J connectivity index is 2.34. The van der Waals surface area contributed by atoms with Crippen molar-refractivity contribution in [1.82, 2.24) is 10.3 Å². The Bertz CT molecular complexity index is 501. The third-order valence-corrected chi connectivity index (χ3v) is 3.30. The molecule has 1 aromatic rings. The number of amides is 2.